The molecule has 0 saturated carbocycles. The van der Waals surface area contributed by atoms with Crippen molar-refractivity contribution in [2.75, 3.05) is 26.4 Å². The van der Waals surface area contributed by atoms with Gasteiger partial charge >= 0.3 is 5.97 Å². The molecule has 0 unspecified atom stereocenters. The molecule has 14 heavy (non-hydrogen) atoms. The number of carbonyl (C=O) groups excluding carboxylic acids is 1. The molecule has 1 radical (unpaired) electrons. The van der Waals surface area contributed by atoms with E-state index in [1.165, 1.54) is 0 Å². The summed E-state index contributed by atoms with van der Waals surface area (Å²) < 4.78 is 10.0. The molecule has 0 atom stereocenters. The summed E-state index contributed by atoms with van der Waals surface area (Å²) in [5.74, 6) is -0.155. The number of hydrogen-bond acceptors (Lipinski definition) is 3. The summed E-state index contributed by atoms with van der Waals surface area (Å²) in [6.45, 7) is 3.35. The fourth-order valence-electron chi connectivity index (χ4n) is 0.857. The minimum absolute atomic E-state index is 0.0753. The second-order valence-electron chi connectivity index (χ2n) is 2.95. The number of ether oxygens (including phenoxy) is 2. The van der Waals surface area contributed by atoms with Crippen LogP contribution in [0, 0.1) is 0 Å². The molecule has 0 rings (SSSR count). The monoisotopic (exact) mass is 203 g/mol. The van der Waals surface area contributed by atoms with Gasteiger partial charge in [-0.15, -0.1) is 0 Å². The molecule has 0 amide bonds. The molecule has 0 saturated heterocycles. The van der Waals surface area contributed by atoms with Gasteiger partial charge in [-0.25, -0.2) is 5.11 Å². The molecule has 0 aliphatic rings. The van der Waals surface area contributed by atoms with Crippen LogP contribution < -0.4 is 0 Å². The van der Waals surface area contributed by atoms with Crippen molar-refractivity contribution in [1.82, 2.24) is 0 Å². The van der Waals surface area contributed by atoms with Crippen LogP contribution in [-0.2, 0) is 19.4 Å². The van der Waals surface area contributed by atoms with E-state index >= 15 is 0 Å². The van der Waals surface area contributed by atoms with E-state index in [-0.39, 0.29) is 12.6 Å². The van der Waals surface area contributed by atoms with Crippen molar-refractivity contribution >= 4 is 5.97 Å². The summed E-state index contributed by atoms with van der Waals surface area (Å²) in [5.41, 5.74) is 0. The summed E-state index contributed by atoms with van der Waals surface area (Å²) in [4.78, 5) is 10.7. The predicted molar refractivity (Wildman–Crippen MR) is 51.5 cm³/mol. The van der Waals surface area contributed by atoms with Gasteiger partial charge in [-0.2, -0.15) is 0 Å². The van der Waals surface area contributed by atoms with E-state index < -0.39 is 0 Å². The maximum absolute atomic E-state index is 10.7. The van der Waals surface area contributed by atoms with Crippen molar-refractivity contribution in [2.45, 2.75) is 32.6 Å². The average molecular weight is 203 g/mol. The van der Waals surface area contributed by atoms with Gasteiger partial charge < -0.3 is 9.47 Å². The first kappa shape index (κ1) is 13.4. The van der Waals surface area contributed by atoms with Crippen molar-refractivity contribution in [3.63, 3.8) is 0 Å². The highest BCUT2D eigenvalue weighted by Crippen LogP contribution is 1.94. The quantitative estimate of drug-likeness (QED) is 0.422. The lowest BCUT2D eigenvalue weighted by Gasteiger charge is -2.03. The molecule has 0 aromatic rings. The van der Waals surface area contributed by atoms with Gasteiger partial charge in [0.25, 0.3) is 0 Å². The minimum Gasteiger partial charge on any atom is -0.466 e. The van der Waals surface area contributed by atoms with Crippen molar-refractivity contribution in [3.8, 4) is 0 Å². The normalized spacial score (nSPS) is 10.1. The fourth-order valence-corrected chi connectivity index (χ4v) is 0.857. The van der Waals surface area contributed by atoms with Crippen LogP contribution >= 0.6 is 0 Å². The van der Waals surface area contributed by atoms with Crippen LogP contribution in [-0.4, -0.2) is 32.4 Å². The van der Waals surface area contributed by atoms with Crippen LogP contribution in [0.2, 0.25) is 0 Å². The van der Waals surface area contributed by atoms with Gasteiger partial charge in [0.2, 0.25) is 0 Å². The van der Waals surface area contributed by atoms with E-state index in [9.17, 15) is 9.90 Å². The van der Waals surface area contributed by atoms with E-state index in [0.29, 0.717) is 32.7 Å². The number of unbranched alkanes of at least 4 members (excludes halogenated alkanes) is 1. The van der Waals surface area contributed by atoms with Crippen LogP contribution in [0.4, 0.5) is 0 Å². The Morgan fingerprint density at radius 2 is 1.71 bits per heavy atom. The molecule has 0 fully saturated rings. The van der Waals surface area contributed by atoms with Gasteiger partial charge in [0.15, 0.2) is 0 Å². The highest BCUT2D eigenvalue weighted by atomic mass is 16.5. The third-order valence-corrected chi connectivity index (χ3v) is 1.67. The molecule has 0 aromatic carbocycles. The molecular formula is C10H19O4. The molecule has 0 heterocycles. The first-order valence-electron chi connectivity index (χ1n) is 5.12. The lowest BCUT2D eigenvalue weighted by Crippen LogP contribution is -2.05. The number of esters is 1. The Morgan fingerprint density at radius 3 is 2.36 bits per heavy atom. The molecule has 0 aromatic heterocycles. The lowest BCUT2D eigenvalue weighted by atomic mass is 10.3. The second kappa shape index (κ2) is 10.5. The van der Waals surface area contributed by atoms with Crippen molar-refractivity contribution in [2.24, 2.45) is 0 Å². The Hall–Kier alpha value is -0.610. The van der Waals surface area contributed by atoms with Gasteiger partial charge in [-0.1, -0.05) is 6.92 Å². The Labute approximate surface area is 85.2 Å². The largest absolute Gasteiger partial charge is 0.466 e. The molecule has 0 bridgehead atoms. The molecule has 0 N–H and O–H groups in total. The topological polar surface area (TPSA) is 55.4 Å². The van der Waals surface area contributed by atoms with Crippen LogP contribution in [0.1, 0.15) is 32.6 Å². The number of carbonyl (C=O) groups is 1. The molecule has 0 aliphatic carbocycles. The smallest absolute Gasteiger partial charge is 0.305 e. The van der Waals surface area contributed by atoms with Crippen molar-refractivity contribution in [1.29, 1.82) is 0 Å². The average Bonchev–Trinajstić information content (AvgIpc) is 2.21. The maximum Gasteiger partial charge on any atom is 0.305 e. The second-order valence-corrected chi connectivity index (χ2v) is 2.95. The lowest BCUT2D eigenvalue weighted by molar-refractivity contribution is -0.143. The first-order chi connectivity index (χ1) is 6.81. The Morgan fingerprint density at radius 1 is 1.07 bits per heavy atom. The zero-order valence-electron chi connectivity index (χ0n) is 8.79. The molecule has 83 valence electrons. The maximum atomic E-state index is 10.7. The summed E-state index contributed by atoms with van der Waals surface area (Å²) in [6, 6.07) is 0. The first-order valence-corrected chi connectivity index (χ1v) is 5.12. The highest BCUT2D eigenvalue weighted by Gasteiger charge is 1.97. The van der Waals surface area contributed by atoms with E-state index in [2.05, 4.69) is 0 Å². The van der Waals surface area contributed by atoms with E-state index in [1.807, 2.05) is 0 Å². The predicted octanol–water partition coefficient (Wildman–Crippen LogP) is 1.56. The molecule has 4 nitrogen and oxygen atoms in total. The highest BCUT2D eigenvalue weighted by molar-refractivity contribution is 5.68. The summed E-state index contributed by atoms with van der Waals surface area (Å²) in [5, 5.41) is 10.0. The van der Waals surface area contributed by atoms with Gasteiger partial charge in [0, 0.05) is 19.6 Å². The number of hydrogen-bond donors (Lipinski definition) is 0. The third kappa shape index (κ3) is 9.48. The Kier molecular flexibility index (Phi) is 10.0. The van der Waals surface area contributed by atoms with Crippen LogP contribution in [0.5, 0.6) is 0 Å². The van der Waals surface area contributed by atoms with Crippen LogP contribution in [0.3, 0.4) is 0 Å². The van der Waals surface area contributed by atoms with E-state index in [1.54, 1.807) is 6.92 Å². The van der Waals surface area contributed by atoms with Gasteiger partial charge in [0.05, 0.1) is 13.2 Å². The summed E-state index contributed by atoms with van der Waals surface area (Å²) in [6.07, 6.45) is 2.70. The molecule has 0 aliphatic heterocycles. The summed E-state index contributed by atoms with van der Waals surface area (Å²) >= 11 is 0. The fraction of sp³-hybridized carbons (Fsp3) is 0.900. The van der Waals surface area contributed by atoms with Gasteiger partial charge in [0.1, 0.15) is 0 Å². The van der Waals surface area contributed by atoms with Gasteiger partial charge in [-0.3, -0.25) is 4.79 Å². The van der Waals surface area contributed by atoms with E-state index in [4.69, 9.17) is 9.47 Å². The zero-order valence-corrected chi connectivity index (χ0v) is 8.79. The molecule has 4 heteroatoms. The Balaban J connectivity index is 2.95. The van der Waals surface area contributed by atoms with Crippen LogP contribution in [0.25, 0.3) is 0 Å². The van der Waals surface area contributed by atoms with Crippen LogP contribution in [0.15, 0.2) is 0 Å². The zero-order chi connectivity index (χ0) is 10.6. The SMILES string of the molecule is CCC(=O)OCCCCOCCC[O]. The number of rotatable bonds is 9. The van der Waals surface area contributed by atoms with E-state index in [0.717, 1.165) is 12.8 Å². The van der Waals surface area contributed by atoms with Crippen molar-refractivity contribution < 1.29 is 19.4 Å². The third-order valence-electron chi connectivity index (χ3n) is 1.67. The Bertz CT molecular complexity index is 136. The standard InChI is InChI=1S/C10H19O4/c1-2-10(12)14-9-4-3-7-13-8-5-6-11/h2-9H2,1H3. The molecule has 0 spiro atoms. The van der Waals surface area contributed by atoms with Gasteiger partial charge in [-0.05, 0) is 19.3 Å². The summed E-state index contributed by atoms with van der Waals surface area (Å²) in [7, 11) is 0. The van der Waals surface area contributed by atoms with Crippen molar-refractivity contribution in [3.05, 3.63) is 0 Å². The minimum atomic E-state index is -0.155. The molecular weight excluding hydrogens is 184 g/mol.